The number of quaternary nitrogens is 1. The summed E-state index contributed by atoms with van der Waals surface area (Å²) < 4.78 is 18.1. The number of ether oxygens (including phenoxy) is 3. The average Bonchev–Trinajstić information content (AvgIpc) is 3.15. The van der Waals surface area contributed by atoms with Gasteiger partial charge in [0.25, 0.3) is 0 Å². The van der Waals surface area contributed by atoms with Gasteiger partial charge in [0.15, 0.2) is 6.29 Å². The van der Waals surface area contributed by atoms with Crippen LogP contribution in [0.25, 0.3) is 0 Å². The van der Waals surface area contributed by atoms with Gasteiger partial charge in [-0.05, 0) is 50.4 Å². The smallest absolute Gasteiger partial charge is 0.340 e. The van der Waals surface area contributed by atoms with Crippen LogP contribution < -0.4 is 27.1 Å². The summed E-state index contributed by atoms with van der Waals surface area (Å²) in [6, 6.07) is 0. The summed E-state index contributed by atoms with van der Waals surface area (Å²) in [7, 11) is 3.08. The number of rotatable bonds is 14. The Hall–Kier alpha value is -1.87. The Morgan fingerprint density at radius 1 is 0.981 bits per heavy atom. The number of aliphatic hydroxyl groups excluding tert-OH is 6. The Bertz CT molecular complexity index is 1260. The number of piperidine rings is 1. The van der Waals surface area contributed by atoms with E-state index in [1.807, 2.05) is 5.32 Å². The second kappa shape index (κ2) is 18.4. The average molecular weight is 760 g/mol. The topological polar surface area (TPSA) is 298 Å². The summed E-state index contributed by atoms with van der Waals surface area (Å²) >= 11 is 0. The number of guanidine groups is 1. The maximum Gasteiger partial charge on any atom is 0.340 e. The molecule has 15 N–H and O–H groups in total. The predicted octanol–water partition coefficient (Wildman–Crippen LogP) is -6.00. The molecule has 3 saturated carbocycles. The number of Topliss-reactive ketones (excluding diaryl/α,β-unsaturated/α-hetero) is 2. The fraction of sp³-hybridized carbons (Fsp3) is 0.917. The molecule has 5 fully saturated rings. The molecule has 2 aliphatic heterocycles. The quantitative estimate of drug-likeness (QED) is 0.0446. The highest BCUT2D eigenvalue weighted by molar-refractivity contribution is 6.01. The second-order valence-corrected chi connectivity index (χ2v) is 16.2. The van der Waals surface area contributed by atoms with Crippen molar-refractivity contribution in [1.82, 2.24) is 5.32 Å². The highest BCUT2D eigenvalue weighted by atomic mass is 16.7. The maximum atomic E-state index is 14.7. The second-order valence-electron chi connectivity index (χ2n) is 16.2. The van der Waals surface area contributed by atoms with E-state index in [4.69, 9.17) is 25.7 Å². The van der Waals surface area contributed by atoms with E-state index in [-0.39, 0.29) is 55.7 Å². The summed E-state index contributed by atoms with van der Waals surface area (Å²) in [5.41, 5.74) is 10.1. The molecular weight excluding hydrogens is 694 g/mol. The number of hydrogen-bond acceptors (Lipinski definition) is 13. The van der Waals surface area contributed by atoms with Crippen molar-refractivity contribution in [3.05, 3.63) is 0 Å². The van der Waals surface area contributed by atoms with Gasteiger partial charge < -0.3 is 55.3 Å². The summed E-state index contributed by atoms with van der Waals surface area (Å²) in [5, 5.41) is 81.8. The number of nitrogens with two attached hydrogens (primary N) is 3. The van der Waals surface area contributed by atoms with Crippen molar-refractivity contribution in [3.63, 3.8) is 0 Å². The molecule has 2 heterocycles. The molecule has 0 radical (unpaired) electrons. The number of hydrogen-bond donors (Lipinski definition) is 12. The van der Waals surface area contributed by atoms with Gasteiger partial charge in [-0.25, -0.2) is 0 Å². The van der Waals surface area contributed by atoms with E-state index in [1.54, 1.807) is 7.05 Å². The third kappa shape index (κ3) is 8.61. The van der Waals surface area contributed by atoms with E-state index in [0.29, 0.717) is 32.1 Å². The van der Waals surface area contributed by atoms with Crippen LogP contribution in [0, 0.1) is 47.3 Å². The Balaban J connectivity index is 1.40. The number of unbranched alkanes of at least 4 members (excludes halogenated alkanes) is 1. The summed E-state index contributed by atoms with van der Waals surface area (Å²) in [6.07, 6.45) is -5.35. The molecule has 0 spiro atoms. The molecule has 5 rings (SSSR count). The third-order valence-corrected chi connectivity index (χ3v) is 13.3. The number of nitrogens with one attached hydrogen (secondary N) is 2. The largest absolute Gasteiger partial charge is 0.396 e. The highest BCUT2D eigenvalue weighted by Gasteiger charge is 2.64. The minimum absolute atomic E-state index is 0.00718. The maximum absolute atomic E-state index is 14.7. The van der Waals surface area contributed by atoms with Gasteiger partial charge in [0.05, 0.1) is 56.9 Å². The van der Waals surface area contributed by atoms with Crippen molar-refractivity contribution in [2.45, 2.75) is 112 Å². The zero-order chi connectivity index (χ0) is 38.6. The van der Waals surface area contributed by atoms with Gasteiger partial charge in [-0.3, -0.25) is 31.4 Å². The molecule has 5 aliphatic rings. The van der Waals surface area contributed by atoms with Crippen LogP contribution in [0.5, 0.6) is 0 Å². The van der Waals surface area contributed by atoms with Gasteiger partial charge in [-0.2, -0.15) is 0 Å². The van der Waals surface area contributed by atoms with Crippen molar-refractivity contribution in [1.29, 1.82) is 0 Å². The van der Waals surface area contributed by atoms with Crippen molar-refractivity contribution in [3.8, 4) is 0 Å². The lowest BCUT2D eigenvalue weighted by atomic mass is 9.51. The third-order valence-electron chi connectivity index (χ3n) is 13.3. The first-order valence-electron chi connectivity index (χ1n) is 19.5. The van der Waals surface area contributed by atoms with E-state index < -0.39 is 103 Å². The molecule has 0 amide bonds. The van der Waals surface area contributed by atoms with Crippen molar-refractivity contribution in [2.75, 3.05) is 47.1 Å². The summed E-state index contributed by atoms with van der Waals surface area (Å²) in [4.78, 5) is 32.2. The molecule has 0 bridgehead atoms. The molecule has 2 saturated heterocycles. The number of ketones is 2. The van der Waals surface area contributed by atoms with E-state index in [9.17, 15) is 45.3 Å². The Morgan fingerprint density at radius 2 is 1.74 bits per heavy atom. The molecule has 0 aromatic rings. The molecule has 53 heavy (non-hydrogen) atoms. The molecule has 3 aliphatic carbocycles. The van der Waals surface area contributed by atoms with Crippen LogP contribution in [-0.4, -0.2) is 155 Å². The van der Waals surface area contributed by atoms with Crippen molar-refractivity contribution < 1.29 is 69.9 Å². The van der Waals surface area contributed by atoms with Crippen molar-refractivity contribution in [2.24, 2.45) is 58.8 Å². The van der Waals surface area contributed by atoms with E-state index in [0.717, 1.165) is 19.4 Å². The Morgan fingerprint density at radius 3 is 2.38 bits per heavy atom. The molecule has 12 unspecified atom stereocenters. The fourth-order valence-electron chi connectivity index (χ4n) is 10.3. The molecular formula is C36H65N5O12+2. The lowest BCUT2D eigenvalue weighted by Crippen LogP contribution is -2.94. The molecule has 0 aromatic heterocycles. The normalized spacial score (nSPS) is 45.1. The van der Waals surface area contributed by atoms with Gasteiger partial charge in [0.1, 0.15) is 41.6 Å². The molecule has 17 heteroatoms. The zero-order valence-electron chi connectivity index (χ0n) is 31.0. The minimum Gasteiger partial charge on any atom is -0.396 e. The van der Waals surface area contributed by atoms with Crippen LogP contribution in [-0.2, 0) is 23.8 Å². The SMILES string of the molecule is C[NH+]=C(N)NCC1C(CCCCO)CC2C(=O)C3C(CO)C(OC)CC(O[C@H]4O[C@H](CO)[C@](O)(CCC5CC[NH2+]C(N)C5)[C@H](O)[C@H]4O)C3C(=O)C2C1O. The molecule has 17 atom stereocenters. The predicted molar refractivity (Wildman–Crippen MR) is 187 cm³/mol. The number of carbonyl (C=O) groups excluding carboxylic acids is 2. The van der Waals surface area contributed by atoms with Gasteiger partial charge in [0.2, 0.25) is 0 Å². The van der Waals surface area contributed by atoms with Crippen LogP contribution in [0.3, 0.4) is 0 Å². The Labute approximate surface area is 310 Å². The zero-order valence-corrected chi connectivity index (χ0v) is 31.0. The fourth-order valence-corrected chi connectivity index (χ4v) is 10.3. The molecule has 0 aromatic carbocycles. The standard InChI is InChI=1S/C36H63N5O12/c1-39-35(38)41-14-20-18(5-3-4-10-42)12-19-27(30(20)46)31(47)28-23(13-22(51-2)21(15-43)26(28)29(19)45)52-34-32(48)33(49)36(50,24(16-44)53-34)8-6-17-7-9-40-25(37)11-17/h17-28,30,32-34,40,42-44,46,48-50H,3-16,37H2,1-2H3,(H3,38,39,41)/p+2/t17?,18?,19?,20?,21?,22?,23?,24-,25?,26?,27?,28?,30?,32-,33-,34+,36-/m1/s1. The number of fused-ring (bicyclic) bond motifs is 2. The van der Waals surface area contributed by atoms with E-state index >= 15 is 0 Å². The van der Waals surface area contributed by atoms with Crippen LogP contribution >= 0.6 is 0 Å². The van der Waals surface area contributed by atoms with Crippen LogP contribution in [0.4, 0.5) is 0 Å². The minimum atomic E-state index is -2.01. The van der Waals surface area contributed by atoms with Crippen LogP contribution in [0.1, 0.15) is 57.8 Å². The first-order valence-corrected chi connectivity index (χ1v) is 19.5. The van der Waals surface area contributed by atoms with Gasteiger partial charge in [-0.1, -0.05) is 6.42 Å². The van der Waals surface area contributed by atoms with E-state index in [2.05, 4.69) is 10.3 Å². The Kier molecular flexibility index (Phi) is 14.7. The lowest BCUT2D eigenvalue weighted by molar-refractivity contribution is -0.699. The monoisotopic (exact) mass is 759 g/mol. The van der Waals surface area contributed by atoms with Crippen LogP contribution in [0.15, 0.2) is 0 Å². The first-order chi connectivity index (χ1) is 25.3. The highest BCUT2D eigenvalue weighted by Crippen LogP contribution is 2.53. The number of methoxy groups -OCH3 is 1. The summed E-state index contributed by atoms with van der Waals surface area (Å²) in [6.45, 7) is -0.0612. The van der Waals surface area contributed by atoms with Crippen molar-refractivity contribution >= 4 is 17.5 Å². The lowest BCUT2D eigenvalue weighted by Gasteiger charge is -2.55. The number of aliphatic hydroxyl groups is 7. The van der Waals surface area contributed by atoms with E-state index in [1.165, 1.54) is 7.11 Å². The molecule has 304 valence electrons. The summed E-state index contributed by atoms with van der Waals surface area (Å²) in [5.74, 6) is -5.66. The van der Waals surface area contributed by atoms with Crippen LogP contribution in [0.2, 0.25) is 0 Å². The molecule has 17 nitrogen and oxygen atoms in total. The van der Waals surface area contributed by atoms with Gasteiger partial charge >= 0.3 is 5.96 Å². The van der Waals surface area contributed by atoms with Gasteiger partial charge in [-0.15, -0.1) is 0 Å². The number of carbonyl (C=O) groups is 2. The van der Waals surface area contributed by atoms with Gasteiger partial charge in [0, 0.05) is 56.8 Å². The first kappa shape index (κ1) is 42.3.